The van der Waals surface area contributed by atoms with Crippen molar-refractivity contribution in [2.75, 3.05) is 5.32 Å². The van der Waals surface area contributed by atoms with Crippen LogP contribution in [0.1, 0.15) is 31.8 Å². The molecule has 0 atom stereocenters. The van der Waals surface area contributed by atoms with E-state index in [-0.39, 0.29) is 11.1 Å². The van der Waals surface area contributed by atoms with Gasteiger partial charge in [0.2, 0.25) is 5.95 Å². The molecule has 0 fully saturated rings. The van der Waals surface area contributed by atoms with Crippen LogP contribution in [0.15, 0.2) is 30.5 Å². The van der Waals surface area contributed by atoms with Crippen LogP contribution in [-0.4, -0.2) is 22.0 Å². The van der Waals surface area contributed by atoms with Gasteiger partial charge in [-0.05, 0) is 37.1 Å². The Morgan fingerprint density at radius 1 is 1.10 bits per heavy atom. The number of carboxylic acids is 1. The number of halogens is 1. The number of hydrogen-bond acceptors (Lipinski definition) is 3. The molecular weight excluding hydrogens is 275 g/mol. The van der Waals surface area contributed by atoms with E-state index in [0.717, 1.165) is 6.07 Å². The number of carboxylic acid groups (broad SMARTS) is 1. The summed E-state index contributed by atoms with van der Waals surface area (Å²) in [4.78, 5) is 27.1. The number of pyridine rings is 1. The second-order valence-corrected chi connectivity index (χ2v) is 4.58. The number of anilines is 1. The third-order valence-corrected chi connectivity index (χ3v) is 3.05. The lowest BCUT2D eigenvalue weighted by Crippen LogP contribution is -2.19. The first-order valence-corrected chi connectivity index (χ1v) is 6.16. The predicted molar refractivity (Wildman–Crippen MR) is 75.0 cm³/mol. The lowest BCUT2D eigenvalue weighted by Gasteiger charge is -2.12. The Morgan fingerprint density at radius 3 is 2.24 bits per heavy atom. The summed E-state index contributed by atoms with van der Waals surface area (Å²) in [5.74, 6) is -2.40. The van der Waals surface area contributed by atoms with Crippen LogP contribution in [0.2, 0.25) is 0 Å². The van der Waals surface area contributed by atoms with Gasteiger partial charge < -0.3 is 10.4 Å². The fourth-order valence-corrected chi connectivity index (χ4v) is 2.02. The quantitative estimate of drug-likeness (QED) is 0.851. The van der Waals surface area contributed by atoms with E-state index >= 15 is 0 Å². The summed E-state index contributed by atoms with van der Waals surface area (Å²) in [5.41, 5.74) is 1.38. The number of nitrogens with one attached hydrogen (secondary N) is 1. The summed E-state index contributed by atoms with van der Waals surface area (Å²) >= 11 is 0. The van der Waals surface area contributed by atoms with E-state index in [4.69, 9.17) is 0 Å². The zero-order chi connectivity index (χ0) is 15.6. The van der Waals surface area contributed by atoms with Gasteiger partial charge in [0.25, 0.3) is 5.91 Å². The van der Waals surface area contributed by atoms with Gasteiger partial charge in [-0.25, -0.2) is 9.78 Å². The van der Waals surface area contributed by atoms with Gasteiger partial charge in [0.05, 0.1) is 23.0 Å². The predicted octanol–water partition coefficient (Wildman–Crippen LogP) is 2.79. The normalized spacial score (nSPS) is 10.2. The number of benzene rings is 1. The maximum absolute atomic E-state index is 12.7. The highest BCUT2D eigenvalue weighted by molar-refractivity contribution is 6.12. The molecule has 0 bridgehead atoms. The second kappa shape index (κ2) is 5.70. The zero-order valence-electron chi connectivity index (χ0n) is 11.5. The molecular formula is C15H13FN2O3. The number of rotatable bonds is 3. The summed E-state index contributed by atoms with van der Waals surface area (Å²) in [7, 11) is 0. The minimum Gasteiger partial charge on any atom is -0.478 e. The molecule has 0 spiro atoms. The van der Waals surface area contributed by atoms with Crippen molar-refractivity contribution in [2.45, 2.75) is 13.8 Å². The molecule has 0 radical (unpaired) electrons. The van der Waals surface area contributed by atoms with Crippen LogP contribution in [0.25, 0.3) is 0 Å². The number of carbonyl (C=O) groups is 2. The number of aromatic carboxylic acids is 1. The second-order valence-electron chi connectivity index (χ2n) is 4.58. The molecule has 0 aliphatic heterocycles. The highest BCUT2D eigenvalue weighted by Gasteiger charge is 2.21. The van der Waals surface area contributed by atoms with Crippen molar-refractivity contribution in [3.63, 3.8) is 0 Å². The van der Waals surface area contributed by atoms with E-state index in [9.17, 15) is 19.1 Å². The standard InChI is InChI=1S/C15H13FN2O3/c1-8-3-4-9(2)13(15(20)21)12(8)14(19)18-10-5-6-11(16)17-7-10/h3-7H,1-2H3,(H,18,19)(H,20,21). The SMILES string of the molecule is Cc1ccc(C)c(C(=O)Nc2ccc(F)nc2)c1C(=O)O. The number of aryl methyl sites for hydroxylation is 2. The monoisotopic (exact) mass is 288 g/mol. The Hall–Kier alpha value is -2.76. The number of hydrogen-bond donors (Lipinski definition) is 2. The molecule has 0 aliphatic rings. The highest BCUT2D eigenvalue weighted by Crippen LogP contribution is 2.20. The first-order valence-electron chi connectivity index (χ1n) is 6.16. The molecule has 1 amide bonds. The van der Waals surface area contributed by atoms with Crippen molar-refractivity contribution in [3.05, 3.63) is 58.7 Å². The highest BCUT2D eigenvalue weighted by atomic mass is 19.1. The Balaban J connectivity index is 2.41. The van der Waals surface area contributed by atoms with Gasteiger partial charge in [0, 0.05) is 0 Å². The molecule has 2 N–H and O–H groups in total. The van der Waals surface area contributed by atoms with Gasteiger partial charge in [-0.3, -0.25) is 4.79 Å². The smallest absolute Gasteiger partial charge is 0.336 e. The maximum Gasteiger partial charge on any atom is 0.336 e. The van der Waals surface area contributed by atoms with Crippen LogP contribution < -0.4 is 5.32 Å². The Morgan fingerprint density at radius 2 is 1.71 bits per heavy atom. The Bertz CT molecular complexity index is 712. The first kappa shape index (κ1) is 14.6. The molecule has 0 unspecified atom stereocenters. The molecule has 21 heavy (non-hydrogen) atoms. The number of aromatic nitrogens is 1. The number of carbonyl (C=O) groups excluding carboxylic acids is 1. The molecule has 1 aromatic carbocycles. The fourth-order valence-electron chi connectivity index (χ4n) is 2.02. The molecule has 2 rings (SSSR count). The van der Waals surface area contributed by atoms with E-state index in [0.29, 0.717) is 16.8 Å². The van der Waals surface area contributed by atoms with Crippen molar-refractivity contribution < 1.29 is 19.1 Å². The van der Waals surface area contributed by atoms with E-state index in [1.807, 2.05) is 0 Å². The average Bonchev–Trinajstić information content (AvgIpc) is 2.43. The summed E-state index contributed by atoms with van der Waals surface area (Å²) < 4.78 is 12.7. The van der Waals surface area contributed by atoms with Gasteiger partial charge in [-0.1, -0.05) is 12.1 Å². The summed E-state index contributed by atoms with van der Waals surface area (Å²) in [6.07, 6.45) is 1.17. The van der Waals surface area contributed by atoms with Crippen molar-refractivity contribution >= 4 is 17.6 Å². The lowest BCUT2D eigenvalue weighted by molar-refractivity contribution is 0.0691. The summed E-state index contributed by atoms with van der Waals surface area (Å²) in [6, 6.07) is 5.79. The van der Waals surface area contributed by atoms with E-state index in [1.54, 1.807) is 26.0 Å². The van der Waals surface area contributed by atoms with Gasteiger partial charge >= 0.3 is 5.97 Å². The number of nitrogens with zero attached hydrogens (tertiary/aromatic N) is 1. The third-order valence-electron chi connectivity index (χ3n) is 3.05. The largest absolute Gasteiger partial charge is 0.478 e. The van der Waals surface area contributed by atoms with Crippen molar-refractivity contribution in [1.29, 1.82) is 0 Å². The van der Waals surface area contributed by atoms with Crippen LogP contribution >= 0.6 is 0 Å². The van der Waals surface area contributed by atoms with E-state index in [1.165, 1.54) is 12.3 Å². The van der Waals surface area contributed by atoms with Crippen LogP contribution in [0.3, 0.4) is 0 Å². The van der Waals surface area contributed by atoms with Crippen molar-refractivity contribution in [1.82, 2.24) is 4.98 Å². The molecule has 6 heteroatoms. The molecule has 0 aliphatic carbocycles. The fraction of sp³-hybridized carbons (Fsp3) is 0.133. The maximum atomic E-state index is 12.7. The van der Waals surface area contributed by atoms with E-state index in [2.05, 4.69) is 10.3 Å². The molecule has 2 aromatic rings. The number of amides is 1. The Labute approximate surface area is 120 Å². The Kier molecular flexibility index (Phi) is 3.98. The van der Waals surface area contributed by atoms with Crippen LogP contribution in [0.5, 0.6) is 0 Å². The van der Waals surface area contributed by atoms with Gasteiger partial charge in [0.1, 0.15) is 0 Å². The average molecular weight is 288 g/mol. The third kappa shape index (κ3) is 3.05. The van der Waals surface area contributed by atoms with Gasteiger partial charge in [-0.2, -0.15) is 4.39 Å². The summed E-state index contributed by atoms with van der Waals surface area (Å²) in [6.45, 7) is 3.28. The van der Waals surface area contributed by atoms with Crippen LogP contribution in [-0.2, 0) is 0 Å². The van der Waals surface area contributed by atoms with Crippen LogP contribution in [0.4, 0.5) is 10.1 Å². The zero-order valence-corrected chi connectivity index (χ0v) is 11.5. The van der Waals surface area contributed by atoms with Crippen molar-refractivity contribution in [2.24, 2.45) is 0 Å². The van der Waals surface area contributed by atoms with Gasteiger partial charge in [-0.15, -0.1) is 0 Å². The molecule has 1 aromatic heterocycles. The molecule has 108 valence electrons. The first-order chi connectivity index (χ1) is 9.90. The topological polar surface area (TPSA) is 79.3 Å². The lowest BCUT2D eigenvalue weighted by atomic mass is 9.96. The van der Waals surface area contributed by atoms with E-state index < -0.39 is 17.8 Å². The molecule has 0 saturated heterocycles. The molecule has 1 heterocycles. The van der Waals surface area contributed by atoms with Gasteiger partial charge in [0.15, 0.2) is 0 Å². The van der Waals surface area contributed by atoms with Crippen LogP contribution in [0, 0.1) is 19.8 Å². The molecule has 0 saturated carbocycles. The molecule has 5 nitrogen and oxygen atoms in total. The summed E-state index contributed by atoms with van der Waals surface area (Å²) in [5, 5.41) is 11.8. The van der Waals surface area contributed by atoms with Crippen molar-refractivity contribution in [3.8, 4) is 0 Å². The minimum atomic E-state index is -1.17. The minimum absolute atomic E-state index is 0.0393.